The first kappa shape index (κ1) is 19.7. The van der Waals surface area contributed by atoms with E-state index in [-0.39, 0.29) is 17.1 Å². The number of primary amides is 1. The lowest BCUT2D eigenvalue weighted by Gasteiger charge is -2.23. The third kappa shape index (κ3) is 4.20. The quantitative estimate of drug-likeness (QED) is 0.448. The average molecular weight is 404 g/mol. The van der Waals surface area contributed by atoms with Gasteiger partial charge in [0, 0.05) is 41.4 Å². The Kier molecular flexibility index (Phi) is 5.28. The van der Waals surface area contributed by atoms with Crippen molar-refractivity contribution in [2.45, 2.75) is 37.8 Å². The summed E-state index contributed by atoms with van der Waals surface area (Å²) < 4.78 is 0. The molecule has 9 nitrogen and oxygen atoms in total. The zero-order chi connectivity index (χ0) is 21.1. The number of hydrogen-bond donors (Lipinski definition) is 4. The van der Waals surface area contributed by atoms with Gasteiger partial charge < -0.3 is 22.1 Å². The monoisotopic (exact) mass is 404 g/mol. The molecular weight excluding hydrogens is 380 g/mol. The summed E-state index contributed by atoms with van der Waals surface area (Å²) in [7, 11) is 0. The molecule has 0 aliphatic heterocycles. The van der Waals surface area contributed by atoms with Gasteiger partial charge >= 0.3 is 0 Å². The van der Waals surface area contributed by atoms with Crippen LogP contribution in [0.2, 0.25) is 0 Å². The Morgan fingerprint density at radius 3 is 2.63 bits per heavy atom. The second kappa shape index (κ2) is 8.03. The van der Waals surface area contributed by atoms with Crippen LogP contribution >= 0.6 is 0 Å². The SMILES string of the molecule is CCC(Nc1ncc(C(N)=O)c(Nc2cccc(-c3ncccn3)c2)n1)C1(N)CC1. The van der Waals surface area contributed by atoms with E-state index < -0.39 is 5.91 Å². The second-order valence-corrected chi connectivity index (χ2v) is 7.44. The molecule has 1 aliphatic rings. The third-order valence-electron chi connectivity index (χ3n) is 5.24. The molecule has 0 radical (unpaired) electrons. The average Bonchev–Trinajstić information content (AvgIpc) is 3.51. The summed E-state index contributed by atoms with van der Waals surface area (Å²) in [5.41, 5.74) is 13.4. The number of benzene rings is 1. The lowest BCUT2D eigenvalue weighted by atomic mass is 10.1. The first-order chi connectivity index (χ1) is 14.5. The summed E-state index contributed by atoms with van der Waals surface area (Å²) in [6.07, 6.45) is 7.58. The topological polar surface area (TPSA) is 145 Å². The summed E-state index contributed by atoms with van der Waals surface area (Å²) in [6, 6.07) is 9.34. The molecular formula is C21H24N8O. The molecule has 1 fully saturated rings. The van der Waals surface area contributed by atoms with Crippen LogP contribution in [0.1, 0.15) is 36.5 Å². The van der Waals surface area contributed by atoms with Crippen molar-refractivity contribution in [2.24, 2.45) is 11.5 Å². The van der Waals surface area contributed by atoms with E-state index in [9.17, 15) is 4.79 Å². The Balaban J connectivity index is 1.62. The minimum Gasteiger partial charge on any atom is -0.365 e. The molecule has 6 N–H and O–H groups in total. The van der Waals surface area contributed by atoms with Crippen molar-refractivity contribution in [3.05, 3.63) is 54.5 Å². The Morgan fingerprint density at radius 2 is 1.97 bits per heavy atom. The molecule has 0 bridgehead atoms. The fourth-order valence-electron chi connectivity index (χ4n) is 3.35. The van der Waals surface area contributed by atoms with Crippen LogP contribution < -0.4 is 22.1 Å². The second-order valence-electron chi connectivity index (χ2n) is 7.44. The normalized spacial score (nSPS) is 15.3. The van der Waals surface area contributed by atoms with Crippen LogP contribution in [-0.2, 0) is 0 Å². The van der Waals surface area contributed by atoms with Crippen molar-refractivity contribution in [1.82, 2.24) is 19.9 Å². The highest BCUT2D eigenvalue weighted by molar-refractivity contribution is 5.98. The Hall–Kier alpha value is -3.59. The fourth-order valence-corrected chi connectivity index (χ4v) is 3.35. The molecule has 0 saturated heterocycles. The summed E-state index contributed by atoms with van der Waals surface area (Å²) in [6.45, 7) is 2.07. The molecule has 1 amide bonds. The molecule has 9 heteroatoms. The number of carbonyl (C=O) groups is 1. The molecule has 1 aliphatic carbocycles. The number of hydrogen-bond acceptors (Lipinski definition) is 8. The number of amides is 1. The van der Waals surface area contributed by atoms with Crippen molar-refractivity contribution in [3.8, 4) is 11.4 Å². The van der Waals surface area contributed by atoms with Crippen LogP contribution in [-0.4, -0.2) is 37.4 Å². The van der Waals surface area contributed by atoms with Gasteiger partial charge in [0.25, 0.3) is 5.91 Å². The van der Waals surface area contributed by atoms with Crippen LogP contribution in [0.3, 0.4) is 0 Å². The lowest BCUT2D eigenvalue weighted by molar-refractivity contribution is 0.100. The summed E-state index contributed by atoms with van der Waals surface area (Å²) in [5, 5.41) is 6.47. The van der Waals surface area contributed by atoms with Crippen molar-refractivity contribution in [3.63, 3.8) is 0 Å². The van der Waals surface area contributed by atoms with Gasteiger partial charge in [-0.25, -0.2) is 15.0 Å². The predicted molar refractivity (Wildman–Crippen MR) is 115 cm³/mol. The molecule has 1 atom stereocenters. The van der Waals surface area contributed by atoms with E-state index in [1.807, 2.05) is 24.3 Å². The zero-order valence-electron chi connectivity index (χ0n) is 16.7. The predicted octanol–water partition coefficient (Wildman–Crippen LogP) is 2.46. The van der Waals surface area contributed by atoms with Gasteiger partial charge in [-0.2, -0.15) is 4.98 Å². The van der Waals surface area contributed by atoms with Crippen LogP contribution in [0, 0.1) is 0 Å². The van der Waals surface area contributed by atoms with E-state index in [1.54, 1.807) is 18.5 Å². The maximum absolute atomic E-state index is 11.9. The van der Waals surface area contributed by atoms with Gasteiger partial charge in [0.15, 0.2) is 5.82 Å². The largest absolute Gasteiger partial charge is 0.365 e. The van der Waals surface area contributed by atoms with Crippen molar-refractivity contribution in [2.75, 3.05) is 10.6 Å². The van der Waals surface area contributed by atoms with Crippen molar-refractivity contribution >= 4 is 23.4 Å². The van der Waals surface area contributed by atoms with Crippen molar-refractivity contribution in [1.29, 1.82) is 0 Å². The van der Waals surface area contributed by atoms with Gasteiger partial charge in [-0.15, -0.1) is 0 Å². The highest BCUT2D eigenvalue weighted by Gasteiger charge is 2.45. The Bertz CT molecular complexity index is 1050. The minimum absolute atomic E-state index is 0.0586. The summed E-state index contributed by atoms with van der Waals surface area (Å²) in [4.78, 5) is 29.2. The van der Waals surface area contributed by atoms with E-state index in [0.29, 0.717) is 17.6 Å². The van der Waals surface area contributed by atoms with Crippen LogP contribution in [0.4, 0.5) is 17.5 Å². The molecule has 2 aromatic heterocycles. The maximum atomic E-state index is 11.9. The first-order valence-corrected chi connectivity index (χ1v) is 9.85. The fraction of sp³-hybridized carbons (Fsp3) is 0.286. The van der Waals surface area contributed by atoms with E-state index in [1.165, 1.54) is 6.20 Å². The Labute approximate surface area is 174 Å². The van der Waals surface area contributed by atoms with Gasteiger partial charge in [-0.3, -0.25) is 4.79 Å². The smallest absolute Gasteiger partial charge is 0.254 e. The van der Waals surface area contributed by atoms with E-state index >= 15 is 0 Å². The van der Waals surface area contributed by atoms with Gasteiger partial charge in [0.2, 0.25) is 5.95 Å². The highest BCUT2D eigenvalue weighted by atomic mass is 16.1. The van der Waals surface area contributed by atoms with Gasteiger partial charge in [0.05, 0.1) is 0 Å². The summed E-state index contributed by atoms with van der Waals surface area (Å²) in [5.74, 6) is 0.706. The maximum Gasteiger partial charge on any atom is 0.254 e. The lowest BCUT2D eigenvalue weighted by Crippen LogP contribution is -2.42. The molecule has 4 rings (SSSR count). The van der Waals surface area contributed by atoms with Crippen LogP contribution in [0.15, 0.2) is 48.9 Å². The van der Waals surface area contributed by atoms with Crippen molar-refractivity contribution < 1.29 is 4.79 Å². The number of rotatable bonds is 8. The zero-order valence-corrected chi connectivity index (χ0v) is 16.7. The van der Waals surface area contributed by atoms with Crippen LogP contribution in [0.5, 0.6) is 0 Å². The molecule has 1 aromatic carbocycles. The molecule has 3 aromatic rings. The van der Waals surface area contributed by atoms with E-state index in [0.717, 1.165) is 30.5 Å². The number of carbonyl (C=O) groups excluding carboxylic acids is 1. The number of anilines is 3. The minimum atomic E-state index is -0.615. The number of aromatic nitrogens is 4. The molecule has 154 valence electrons. The molecule has 2 heterocycles. The van der Waals surface area contributed by atoms with Gasteiger partial charge in [-0.1, -0.05) is 19.1 Å². The van der Waals surface area contributed by atoms with Crippen LogP contribution in [0.25, 0.3) is 11.4 Å². The number of nitrogens with zero attached hydrogens (tertiary/aromatic N) is 4. The standard InChI is InChI=1S/C21H24N8O/c1-2-16(21(23)7-8-21)28-20-26-12-15(17(22)30)19(29-20)27-14-6-3-5-13(11-14)18-24-9-4-10-25-18/h3-6,9-12,16H,2,7-8,23H2,1H3,(H2,22,30)(H2,26,27,28,29). The van der Waals surface area contributed by atoms with E-state index in [4.69, 9.17) is 11.5 Å². The van der Waals surface area contributed by atoms with Gasteiger partial charge in [0.1, 0.15) is 11.4 Å². The number of nitrogens with one attached hydrogen (secondary N) is 2. The van der Waals surface area contributed by atoms with Gasteiger partial charge in [-0.05, 0) is 37.5 Å². The molecule has 0 spiro atoms. The first-order valence-electron chi connectivity index (χ1n) is 9.85. The molecule has 1 unspecified atom stereocenters. The summed E-state index contributed by atoms with van der Waals surface area (Å²) >= 11 is 0. The molecule has 1 saturated carbocycles. The van der Waals surface area contributed by atoms with E-state index in [2.05, 4.69) is 37.5 Å². The Morgan fingerprint density at radius 1 is 1.20 bits per heavy atom. The molecule has 30 heavy (non-hydrogen) atoms. The highest BCUT2D eigenvalue weighted by Crippen LogP contribution is 2.38. The number of nitrogens with two attached hydrogens (primary N) is 2. The third-order valence-corrected chi connectivity index (χ3v) is 5.24.